The van der Waals surface area contributed by atoms with Crippen molar-refractivity contribution in [3.63, 3.8) is 0 Å². The molecule has 0 saturated carbocycles. The molecule has 1 aliphatic heterocycles. The van der Waals surface area contributed by atoms with E-state index < -0.39 is 0 Å². The first-order valence-corrected chi connectivity index (χ1v) is 7.05. The van der Waals surface area contributed by atoms with Crippen LogP contribution in [0.25, 0.3) is 0 Å². The van der Waals surface area contributed by atoms with Gasteiger partial charge in [-0.1, -0.05) is 24.3 Å². The average Bonchev–Trinajstić information content (AvgIpc) is 2.92. The quantitative estimate of drug-likeness (QED) is 0.914. The molecule has 0 aliphatic carbocycles. The maximum Gasteiger partial charge on any atom is 0.144 e. The van der Waals surface area contributed by atoms with Gasteiger partial charge >= 0.3 is 0 Å². The van der Waals surface area contributed by atoms with Gasteiger partial charge in [-0.2, -0.15) is 5.10 Å². The van der Waals surface area contributed by atoms with Crippen LogP contribution in [0.1, 0.15) is 29.4 Å². The number of aryl methyl sites for hydroxylation is 1. The molecule has 1 aliphatic rings. The summed E-state index contributed by atoms with van der Waals surface area (Å²) in [5, 5.41) is 13.3. The van der Waals surface area contributed by atoms with Crippen LogP contribution in [0.15, 0.2) is 30.6 Å². The van der Waals surface area contributed by atoms with Gasteiger partial charge in [-0.05, 0) is 31.0 Å². The zero-order valence-corrected chi connectivity index (χ0v) is 11.7. The van der Waals surface area contributed by atoms with Crippen LogP contribution in [0.3, 0.4) is 0 Å². The number of hydrogen-bond donors (Lipinski definition) is 1. The molecule has 5 nitrogen and oxygen atoms in total. The van der Waals surface area contributed by atoms with Gasteiger partial charge in [0.15, 0.2) is 0 Å². The Labute approximate surface area is 118 Å². The van der Waals surface area contributed by atoms with E-state index in [1.807, 2.05) is 4.68 Å². The van der Waals surface area contributed by atoms with Crippen LogP contribution in [0.2, 0.25) is 0 Å². The standard InChI is InChI=1S/C15H20N4O/c1-18-10-13-6-3-2-5-12(13)9-14(18)15-16-11-17-19(15)7-4-8-20/h2-3,5-6,11,14,20H,4,7-10H2,1H3/t14-/m1/s1. The molecule has 3 rings (SSSR count). The largest absolute Gasteiger partial charge is 0.396 e. The molecule has 1 aromatic carbocycles. The van der Waals surface area contributed by atoms with Crippen LogP contribution in [0, 0.1) is 0 Å². The van der Waals surface area contributed by atoms with Crippen LogP contribution in [0.5, 0.6) is 0 Å². The molecule has 106 valence electrons. The summed E-state index contributed by atoms with van der Waals surface area (Å²) in [5.74, 6) is 0.996. The summed E-state index contributed by atoms with van der Waals surface area (Å²) >= 11 is 0. The first-order valence-electron chi connectivity index (χ1n) is 7.05. The monoisotopic (exact) mass is 272 g/mol. The highest BCUT2D eigenvalue weighted by Gasteiger charge is 2.27. The van der Waals surface area contributed by atoms with Gasteiger partial charge in [0.2, 0.25) is 0 Å². The fourth-order valence-electron chi connectivity index (χ4n) is 2.87. The summed E-state index contributed by atoms with van der Waals surface area (Å²) < 4.78 is 1.92. The molecule has 0 amide bonds. The first-order chi connectivity index (χ1) is 9.79. The van der Waals surface area contributed by atoms with Crippen LogP contribution >= 0.6 is 0 Å². The lowest BCUT2D eigenvalue weighted by molar-refractivity contribution is 0.200. The van der Waals surface area contributed by atoms with Crippen molar-refractivity contribution in [2.75, 3.05) is 13.7 Å². The molecular weight excluding hydrogens is 252 g/mol. The lowest BCUT2D eigenvalue weighted by Gasteiger charge is -2.33. The maximum atomic E-state index is 8.98. The van der Waals surface area contributed by atoms with Crippen molar-refractivity contribution in [1.82, 2.24) is 19.7 Å². The normalized spacial score (nSPS) is 19.0. The molecule has 20 heavy (non-hydrogen) atoms. The van der Waals surface area contributed by atoms with Gasteiger partial charge in [0.25, 0.3) is 0 Å². The Kier molecular flexibility index (Phi) is 3.80. The maximum absolute atomic E-state index is 8.98. The van der Waals surface area contributed by atoms with Crippen LogP contribution in [-0.2, 0) is 19.5 Å². The van der Waals surface area contributed by atoms with Crippen molar-refractivity contribution in [3.8, 4) is 0 Å². The van der Waals surface area contributed by atoms with Gasteiger partial charge in [-0.25, -0.2) is 9.67 Å². The Morgan fingerprint density at radius 3 is 2.90 bits per heavy atom. The van der Waals surface area contributed by atoms with Crippen LogP contribution in [-0.4, -0.2) is 38.4 Å². The molecule has 2 aromatic rings. The van der Waals surface area contributed by atoms with E-state index in [9.17, 15) is 0 Å². The van der Waals surface area contributed by atoms with Gasteiger partial charge in [0.05, 0.1) is 6.04 Å². The molecule has 1 aromatic heterocycles. The first kappa shape index (κ1) is 13.3. The second-order valence-corrected chi connectivity index (χ2v) is 5.32. The minimum absolute atomic E-state index is 0.183. The van der Waals surface area contributed by atoms with Crippen molar-refractivity contribution in [1.29, 1.82) is 0 Å². The minimum atomic E-state index is 0.183. The van der Waals surface area contributed by atoms with Gasteiger partial charge in [0, 0.05) is 19.7 Å². The Bertz CT molecular complexity index is 581. The molecule has 5 heteroatoms. The number of likely N-dealkylation sites (N-methyl/N-ethyl adjacent to an activating group) is 1. The highest BCUT2D eigenvalue weighted by Crippen LogP contribution is 2.30. The smallest absolute Gasteiger partial charge is 0.144 e. The fourth-order valence-corrected chi connectivity index (χ4v) is 2.87. The van der Waals surface area contributed by atoms with Crippen molar-refractivity contribution in [2.45, 2.75) is 32.0 Å². The van der Waals surface area contributed by atoms with E-state index in [1.54, 1.807) is 6.33 Å². The second kappa shape index (κ2) is 5.73. The van der Waals surface area contributed by atoms with E-state index in [0.29, 0.717) is 6.42 Å². The third-order valence-electron chi connectivity index (χ3n) is 3.96. The average molecular weight is 272 g/mol. The molecule has 0 bridgehead atoms. The molecular formula is C15H20N4O. The number of hydrogen-bond acceptors (Lipinski definition) is 4. The number of rotatable bonds is 4. The highest BCUT2D eigenvalue weighted by atomic mass is 16.3. The summed E-state index contributed by atoms with van der Waals surface area (Å²) in [6, 6.07) is 8.84. The zero-order chi connectivity index (χ0) is 13.9. The van der Waals surface area contributed by atoms with Gasteiger partial charge in [0.1, 0.15) is 12.2 Å². The van der Waals surface area contributed by atoms with E-state index in [-0.39, 0.29) is 12.6 Å². The summed E-state index contributed by atoms with van der Waals surface area (Å²) in [6.07, 6.45) is 3.29. The van der Waals surface area contributed by atoms with Crippen molar-refractivity contribution in [2.24, 2.45) is 0 Å². The summed E-state index contributed by atoms with van der Waals surface area (Å²) in [7, 11) is 2.13. The molecule has 0 saturated heterocycles. The van der Waals surface area contributed by atoms with Crippen molar-refractivity contribution >= 4 is 0 Å². The zero-order valence-electron chi connectivity index (χ0n) is 11.7. The van der Waals surface area contributed by atoms with Crippen molar-refractivity contribution in [3.05, 3.63) is 47.5 Å². The van der Waals surface area contributed by atoms with E-state index in [2.05, 4.69) is 46.3 Å². The van der Waals surface area contributed by atoms with E-state index >= 15 is 0 Å². The topological polar surface area (TPSA) is 54.2 Å². The minimum Gasteiger partial charge on any atom is -0.396 e. The molecule has 0 fully saturated rings. The van der Waals surface area contributed by atoms with Crippen LogP contribution in [0.4, 0.5) is 0 Å². The third kappa shape index (κ3) is 2.46. The number of aliphatic hydroxyl groups excluding tert-OH is 1. The number of benzene rings is 1. The number of aliphatic hydroxyl groups is 1. The summed E-state index contributed by atoms with van der Waals surface area (Å²) in [4.78, 5) is 6.77. The fraction of sp³-hybridized carbons (Fsp3) is 0.467. The molecule has 0 spiro atoms. The molecule has 0 unspecified atom stereocenters. The van der Waals surface area contributed by atoms with E-state index in [4.69, 9.17) is 5.11 Å². The second-order valence-electron chi connectivity index (χ2n) is 5.32. The number of aromatic nitrogens is 3. The Morgan fingerprint density at radius 1 is 1.30 bits per heavy atom. The Balaban J connectivity index is 1.86. The lowest BCUT2D eigenvalue weighted by atomic mass is 9.94. The molecule has 0 radical (unpaired) electrons. The summed E-state index contributed by atoms with van der Waals surface area (Å²) in [6.45, 7) is 1.84. The summed E-state index contributed by atoms with van der Waals surface area (Å²) in [5.41, 5.74) is 2.79. The molecule has 2 heterocycles. The Morgan fingerprint density at radius 2 is 2.10 bits per heavy atom. The van der Waals surface area contributed by atoms with Crippen molar-refractivity contribution < 1.29 is 5.11 Å². The molecule has 1 N–H and O–H groups in total. The van der Waals surface area contributed by atoms with Gasteiger partial charge < -0.3 is 5.11 Å². The van der Waals surface area contributed by atoms with Gasteiger partial charge in [-0.3, -0.25) is 4.90 Å². The molecule has 1 atom stereocenters. The van der Waals surface area contributed by atoms with Crippen LogP contribution < -0.4 is 0 Å². The Hall–Kier alpha value is -1.72. The SMILES string of the molecule is CN1Cc2ccccc2C[C@@H]1c1ncnn1CCCO. The van der Waals surface area contributed by atoms with Gasteiger partial charge in [-0.15, -0.1) is 0 Å². The van der Waals surface area contributed by atoms with E-state index in [0.717, 1.165) is 25.3 Å². The number of fused-ring (bicyclic) bond motifs is 1. The predicted octanol–water partition coefficient (Wildman–Crippen LogP) is 1.39. The number of nitrogens with zero attached hydrogens (tertiary/aromatic N) is 4. The highest BCUT2D eigenvalue weighted by molar-refractivity contribution is 5.30. The predicted molar refractivity (Wildman–Crippen MR) is 76.1 cm³/mol. The lowest BCUT2D eigenvalue weighted by Crippen LogP contribution is -2.33. The third-order valence-corrected chi connectivity index (χ3v) is 3.96. The van der Waals surface area contributed by atoms with E-state index in [1.165, 1.54) is 11.1 Å².